The first-order valence-electron chi connectivity index (χ1n) is 12.5. The number of hydrogen-bond donors (Lipinski definition) is 1. The molecule has 1 aromatic heterocycles. The largest absolute Gasteiger partial charge is 0.492 e. The van der Waals surface area contributed by atoms with Crippen molar-refractivity contribution in [2.24, 2.45) is 5.92 Å². The molecule has 2 saturated heterocycles. The Morgan fingerprint density at radius 3 is 2.73 bits per heavy atom. The van der Waals surface area contributed by atoms with Crippen molar-refractivity contribution in [2.75, 3.05) is 37.8 Å². The smallest absolute Gasteiger partial charge is 0.224 e. The summed E-state index contributed by atoms with van der Waals surface area (Å²) in [6.07, 6.45) is 10.3. The summed E-state index contributed by atoms with van der Waals surface area (Å²) in [6.45, 7) is 8.17. The molecule has 178 valence electrons. The molecule has 0 bridgehead atoms. The van der Waals surface area contributed by atoms with Gasteiger partial charge in [0.25, 0.3) is 0 Å². The second-order valence-corrected chi connectivity index (χ2v) is 9.77. The third kappa shape index (κ3) is 4.66. The number of nitrogens with one attached hydrogen (secondary N) is 1. The van der Waals surface area contributed by atoms with E-state index in [0.717, 1.165) is 93.0 Å². The summed E-state index contributed by atoms with van der Waals surface area (Å²) in [5.41, 5.74) is 4.32. The minimum Gasteiger partial charge on any atom is -0.492 e. The number of nitrogens with zero attached hydrogens (tertiary/aromatic N) is 3. The molecule has 3 aliphatic rings. The summed E-state index contributed by atoms with van der Waals surface area (Å²) in [7, 11) is 0. The highest BCUT2D eigenvalue weighted by Gasteiger charge is 2.30. The number of carbonyl (C=O) groups excluding carboxylic acids is 1. The third-order valence-corrected chi connectivity index (χ3v) is 7.49. The fourth-order valence-electron chi connectivity index (χ4n) is 5.54. The number of ether oxygens (including phenoxy) is 2. The van der Waals surface area contributed by atoms with Gasteiger partial charge in [0.1, 0.15) is 5.75 Å². The van der Waals surface area contributed by atoms with Gasteiger partial charge in [-0.15, -0.1) is 0 Å². The van der Waals surface area contributed by atoms with E-state index in [4.69, 9.17) is 14.6 Å². The predicted molar refractivity (Wildman–Crippen MR) is 129 cm³/mol. The van der Waals surface area contributed by atoms with Gasteiger partial charge in [-0.2, -0.15) is 5.10 Å². The number of carbonyl (C=O) groups is 1. The maximum absolute atomic E-state index is 12.5. The molecule has 2 aromatic rings. The standard InChI is InChI=1S/C26H36N4O3/c1-18-3-4-24-25(30(18)19(2)31)6-5-23(26(24)33-17-20-9-13-32-14-10-20)21-15-28-29(16-21)22-7-11-27-12-8-22/h5-6,15-16,18,20,22,27H,3-4,7-14,17H2,1-2H3/t18-/m0/s1. The van der Waals surface area contributed by atoms with Gasteiger partial charge in [-0.25, -0.2) is 0 Å². The average molecular weight is 453 g/mol. The Morgan fingerprint density at radius 1 is 1.18 bits per heavy atom. The number of rotatable bonds is 5. The van der Waals surface area contributed by atoms with E-state index >= 15 is 0 Å². The Hall–Kier alpha value is -2.38. The van der Waals surface area contributed by atoms with Crippen molar-refractivity contribution in [2.45, 2.75) is 64.5 Å². The molecule has 1 aromatic carbocycles. The first-order chi connectivity index (χ1) is 16.1. The summed E-state index contributed by atoms with van der Waals surface area (Å²) < 4.78 is 14.3. The normalized spacial score (nSPS) is 22.2. The second kappa shape index (κ2) is 9.85. The van der Waals surface area contributed by atoms with Gasteiger partial charge in [-0.3, -0.25) is 9.48 Å². The monoisotopic (exact) mass is 452 g/mol. The molecule has 33 heavy (non-hydrogen) atoms. The van der Waals surface area contributed by atoms with Crippen LogP contribution in [0.5, 0.6) is 5.75 Å². The maximum atomic E-state index is 12.5. The predicted octanol–water partition coefficient (Wildman–Crippen LogP) is 3.97. The van der Waals surface area contributed by atoms with Crippen molar-refractivity contribution in [1.29, 1.82) is 0 Å². The van der Waals surface area contributed by atoms with Crippen LogP contribution in [0.4, 0.5) is 5.69 Å². The lowest BCUT2D eigenvalue weighted by molar-refractivity contribution is -0.117. The number of hydrogen-bond acceptors (Lipinski definition) is 5. The molecule has 7 nitrogen and oxygen atoms in total. The van der Waals surface area contributed by atoms with Crippen LogP contribution in [-0.2, 0) is 16.0 Å². The second-order valence-electron chi connectivity index (χ2n) is 9.77. The molecule has 1 amide bonds. The minimum atomic E-state index is 0.0882. The zero-order valence-corrected chi connectivity index (χ0v) is 19.9. The number of anilines is 1. The highest BCUT2D eigenvalue weighted by atomic mass is 16.5. The molecular formula is C26H36N4O3. The average Bonchev–Trinajstić information content (AvgIpc) is 3.33. The molecule has 0 radical (unpaired) electrons. The van der Waals surface area contributed by atoms with E-state index in [1.165, 1.54) is 0 Å². The lowest BCUT2D eigenvalue weighted by Gasteiger charge is -2.36. The molecule has 0 saturated carbocycles. The van der Waals surface area contributed by atoms with Gasteiger partial charge in [0.15, 0.2) is 0 Å². The zero-order valence-electron chi connectivity index (χ0n) is 19.9. The fourth-order valence-corrected chi connectivity index (χ4v) is 5.54. The molecule has 0 spiro atoms. The van der Waals surface area contributed by atoms with Crippen molar-refractivity contribution in [3.05, 3.63) is 30.1 Å². The minimum absolute atomic E-state index is 0.0882. The summed E-state index contributed by atoms with van der Waals surface area (Å²) >= 11 is 0. The molecule has 5 rings (SSSR count). The molecule has 3 aliphatic heterocycles. The topological polar surface area (TPSA) is 68.6 Å². The highest BCUT2D eigenvalue weighted by Crippen LogP contribution is 2.43. The Balaban J connectivity index is 1.50. The van der Waals surface area contributed by atoms with Crippen LogP contribution < -0.4 is 15.0 Å². The lowest BCUT2D eigenvalue weighted by atomic mass is 9.92. The van der Waals surface area contributed by atoms with E-state index in [0.29, 0.717) is 18.6 Å². The van der Waals surface area contributed by atoms with Crippen LogP contribution in [0.2, 0.25) is 0 Å². The van der Waals surface area contributed by atoms with Crippen molar-refractivity contribution in [3.63, 3.8) is 0 Å². The van der Waals surface area contributed by atoms with E-state index in [9.17, 15) is 4.79 Å². The van der Waals surface area contributed by atoms with E-state index in [-0.39, 0.29) is 11.9 Å². The van der Waals surface area contributed by atoms with E-state index in [2.05, 4.69) is 35.3 Å². The summed E-state index contributed by atoms with van der Waals surface area (Å²) in [4.78, 5) is 14.4. The number of benzene rings is 1. The van der Waals surface area contributed by atoms with Crippen molar-refractivity contribution < 1.29 is 14.3 Å². The first kappa shape index (κ1) is 22.4. The molecule has 0 unspecified atom stereocenters. The first-order valence-corrected chi connectivity index (χ1v) is 12.5. The van der Waals surface area contributed by atoms with Crippen LogP contribution in [0.3, 0.4) is 0 Å². The van der Waals surface area contributed by atoms with Gasteiger partial charge in [0.2, 0.25) is 5.91 Å². The van der Waals surface area contributed by atoms with Gasteiger partial charge in [0.05, 0.1) is 24.5 Å². The van der Waals surface area contributed by atoms with Crippen LogP contribution in [0.1, 0.15) is 57.6 Å². The molecule has 7 heteroatoms. The van der Waals surface area contributed by atoms with Crippen LogP contribution in [-0.4, -0.2) is 54.6 Å². The highest BCUT2D eigenvalue weighted by molar-refractivity contribution is 5.95. The van der Waals surface area contributed by atoms with Crippen LogP contribution >= 0.6 is 0 Å². The SMILES string of the molecule is CC(=O)N1c2ccc(-c3cnn(C4CCNCC4)c3)c(OCC3CCOCC3)c2CC[C@@H]1C. The Kier molecular flexibility index (Phi) is 6.69. The van der Waals surface area contributed by atoms with Crippen LogP contribution in [0.25, 0.3) is 11.1 Å². The summed E-state index contributed by atoms with van der Waals surface area (Å²) in [5, 5.41) is 8.16. The Morgan fingerprint density at radius 2 is 1.97 bits per heavy atom. The molecule has 4 heterocycles. The van der Waals surface area contributed by atoms with Gasteiger partial charge >= 0.3 is 0 Å². The summed E-state index contributed by atoms with van der Waals surface area (Å²) in [6, 6.07) is 4.87. The fraction of sp³-hybridized carbons (Fsp3) is 0.615. The Labute approximate surface area is 196 Å². The Bertz CT molecular complexity index is 976. The lowest BCUT2D eigenvalue weighted by Crippen LogP contribution is -2.40. The number of fused-ring (bicyclic) bond motifs is 1. The number of piperidine rings is 1. The van der Waals surface area contributed by atoms with Crippen molar-refractivity contribution in [1.82, 2.24) is 15.1 Å². The molecule has 2 fully saturated rings. The van der Waals surface area contributed by atoms with Crippen LogP contribution in [0.15, 0.2) is 24.5 Å². The number of aromatic nitrogens is 2. The summed E-state index contributed by atoms with van der Waals surface area (Å²) in [5.74, 6) is 1.53. The van der Waals surface area contributed by atoms with Crippen molar-refractivity contribution in [3.8, 4) is 16.9 Å². The van der Waals surface area contributed by atoms with Gasteiger partial charge in [-0.1, -0.05) is 0 Å². The molecule has 1 N–H and O–H groups in total. The molecule has 1 atom stereocenters. The van der Waals surface area contributed by atoms with E-state index < -0.39 is 0 Å². The molecule has 0 aliphatic carbocycles. The zero-order chi connectivity index (χ0) is 22.8. The van der Waals surface area contributed by atoms with Crippen LogP contribution in [0, 0.1) is 5.92 Å². The van der Waals surface area contributed by atoms with Gasteiger partial charge in [0, 0.05) is 49.1 Å². The van der Waals surface area contributed by atoms with Crippen molar-refractivity contribution >= 4 is 11.6 Å². The van der Waals surface area contributed by atoms with Gasteiger partial charge < -0.3 is 19.7 Å². The number of amides is 1. The third-order valence-electron chi connectivity index (χ3n) is 7.49. The van der Waals surface area contributed by atoms with E-state index in [1.54, 1.807) is 6.92 Å². The van der Waals surface area contributed by atoms with E-state index in [1.807, 2.05) is 11.1 Å². The van der Waals surface area contributed by atoms with Gasteiger partial charge in [-0.05, 0) is 76.6 Å². The molecular weight excluding hydrogens is 416 g/mol. The maximum Gasteiger partial charge on any atom is 0.224 e. The quantitative estimate of drug-likeness (QED) is 0.744.